The largest absolute Gasteiger partial charge is 0.399 e. The molecule has 0 aliphatic heterocycles. The number of hydrogen-bond donors (Lipinski definition) is 2. The Balaban J connectivity index is 1.97. The van der Waals surface area contributed by atoms with Crippen LogP contribution in [0.4, 0.5) is 5.69 Å². The van der Waals surface area contributed by atoms with Gasteiger partial charge in [-0.3, -0.25) is 9.69 Å². The molecule has 3 N–H and O–H groups in total. The normalized spacial score (nSPS) is 16.2. The van der Waals surface area contributed by atoms with Gasteiger partial charge in [0.05, 0.1) is 6.04 Å². The predicted octanol–water partition coefficient (Wildman–Crippen LogP) is 2.39. The molecule has 0 saturated heterocycles. The minimum atomic E-state index is -0.0891. The fraction of sp³-hybridized carbons (Fsp3) is 0.588. The molecular weight excluding hydrogens is 262 g/mol. The number of nitrogens with one attached hydrogen (secondary N) is 1. The third-order valence-electron chi connectivity index (χ3n) is 3.92. The molecule has 1 aromatic carbocycles. The zero-order valence-electron chi connectivity index (χ0n) is 13.3. The maximum atomic E-state index is 12.3. The van der Waals surface area contributed by atoms with Crippen LogP contribution in [0.3, 0.4) is 0 Å². The van der Waals surface area contributed by atoms with Crippen LogP contribution >= 0.6 is 0 Å². The van der Waals surface area contributed by atoms with Gasteiger partial charge in [-0.25, -0.2) is 0 Å². The van der Waals surface area contributed by atoms with Crippen LogP contribution in [0.1, 0.15) is 39.2 Å². The number of amides is 1. The fourth-order valence-corrected chi connectivity index (χ4v) is 2.43. The Bertz CT molecular complexity index is 465. The van der Waals surface area contributed by atoms with Crippen LogP contribution in [0.25, 0.3) is 0 Å². The molecule has 0 radical (unpaired) electrons. The molecule has 1 fully saturated rings. The van der Waals surface area contributed by atoms with Gasteiger partial charge < -0.3 is 11.1 Å². The van der Waals surface area contributed by atoms with Crippen molar-refractivity contribution in [2.45, 2.75) is 52.2 Å². The van der Waals surface area contributed by atoms with Crippen molar-refractivity contribution in [2.75, 3.05) is 12.3 Å². The lowest BCUT2D eigenvalue weighted by Gasteiger charge is -2.28. The van der Waals surface area contributed by atoms with Crippen LogP contribution in [0.2, 0.25) is 0 Å². The minimum absolute atomic E-state index is 0.0891. The summed E-state index contributed by atoms with van der Waals surface area (Å²) in [7, 11) is 0. The zero-order valence-corrected chi connectivity index (χ0v) is 13.3. The van der Waals surface area contributed by atoms with Gasteiger partial charge in [-0.2, -0.15) is 0 Å². The van der Waals surface area contributed by atoms with Crippen LogP contribution in [0.15, 0.2) is 24.3 Å². The van der Waals surface area contributed by atoms with E-state index in [1.807, 2.05) is 31.2 Å². The van der Waals surface area contributed by atoms with E-state index in [0.717, 1.165) is 18.8 Å². The maximum absolute atomic E-state index is 12.3. The summed E-state index contributed by atoms with van der Waals surface area (Å²) in [5, 5.41) is 3.04. The Hall–Kier alpha value is -1.55. The van der Waals surface area contributed by atoms with E-state index < -0.39 is 0 Å². The molecule has 0 spiro atoms. The fourth-order valence-electron chi connectivity index (χ4n) is 2.43. The molecule has 1 aromatic rings. The first-order valence-corrected chi connectivity index (χ1v) is 7.85. The smallest absolute Gasteiger partial charge is 0.237 e. The second-order valence-corrected chi connectivity index (χ2v) is 6.46. The quantitative estimate of drug-likeness (QED) is 0.758. The van der Waals surface area contributed by atoms with Gasteiger partial charge in [0.25, 0.3) is 0 Å². The van der Waals surface area contributed by atoms with Gasteiger partial charge in [-0.15, -0.1) is 0 Å². The average molecular weight is 289 g/mol. The van der Waals surface area contributed by atoms with Crippen molar-refractivity contribution >= 4 is 11.6 Å². The predicted molar refractivity (Wildman–Crippen MR) is 86.7 cm³/mol. The van der Waals surface area contributed by atoms with Crippen molar-refractivity contribution in [3.05, 3.63) is 29.8 Å². The molecule has 0 heterocycles. The average Bonchev–Trinajstić information content (AvgIpc) is 3.28. The van der Waals surface area contributed by atoms with Crippen LogP contribution in [-0.4, -0.2) is 29.4 Å². The summed E-state index contributed by atoms with van der Waals surface area (Å²) in [5.74, 6) is 0.610. The Morgan fingerprint density at radius 2 is 1.90 bits per heavy atom. The molecule has 1 unspecified atom stereocenters. The van der Waals surface area contributed by atoms with E-state index in [0.29, 0.717) is 12.0 Å². The molecule has 1 aliphatic carbocycles. The van der Waals surface area contributed by atoms with Crippen molar-refractivity contribution in [1.29, 1.82) is 0 Å². The number of carbonyl (C=O) groups excluding carboxylic acids is 1. The van der Waals surface area contributed by atoms with E-state index in [-0.39, 0.29) is 11.9 Å². The lowest BCUT2D eigenvalue weighted by Crippen LogP contribution is -2.46. The first-order chi connectivity index (χ1) is 9.97. The molecule has 1 saturated carbocycles. The lowest BCUT2D eigenvalue weighted by atomic mass is 10.1. The monoisotopic (exact) mass is 289 g/mol. The van der Waals surface area contributed by atoms with Crippen molar-refractivity contribution in [3.8, 4) is 0 Å². The molecule has 116 valence electrons. The molecule has 1 amide bonds. The summed E-state index contributed by atoms with van der Waals surface area (Å²) in [6.45, 7) is 7.77. The summed E-state index contributed by atoms with van der Waals surface area (Å²) in [5.41, 5.74) is 7.71. The van der Waals surface area contributed by atoms with Gasteiger partial charge >= 0.3 is 0 Å². The molecular formula is C17H27N3O. The second kappa shape index (κ2) is 6.94. The Morgan fingerprint density at radius 1 is 1.29 bits per heavy atom. The van der Waals surface area contributed by atoms with Crippen molar-refractivity contribution in [2.24, 2.45) is 5.92 Å². The number of rotatable bonds is 7. The summed E-state index contributed by atoms with van der Waals surface area (Å²) in [4.78, 5) is 14.6. The third-order valence-corrected chi connectivity index (χ3v) is 3.92. The molecule has 1 aliphatic rings. The van der Waals surface area contributed by atoms with Gasteiger partial charge in [-0.05, 0) is 43.4 Å². The van der Waals surface area contributed by atoms with Gasteiger partial charge in [0.2, 0.25) is 5.91 Å². The molecule has 1 atom stereocenters. The van der Waals surface area contributed by atoms with E-state index in [9.17, 15) is 4.79 Å². The number of benzene rings is 1. The molecule has 4 heteroatoms. The molecule has 0 bridgehead atoms. The van der Waals surface area contributed by atoms with Gasteiger partial charge in [0, 0.05) is 24.8 Å². The van der Waals surface area contributed by atoms with Crippen molar-refractivity contribution in [1.82, 2.24) is 10.2 Å². The van der Waals surface area contributed by atoms with Crippen LogP contribution in [-0.2, 0) is 11.3 Å². The number of carbonyl (C=O) groups is 1. The van der Waals surface area contributed by atoms with Crippen LogP contribution < -0.4 is 11.1 Å². The number of nitrogens with zero attached hydrogens (tertiary/aromatic N) is 1. The highest BCUT2D eigenvalue weighted by molar-refractivity contribution is 5.81. The number of nitrogen functional groups attached to an aromatic ring is 1. The van der Waals surface area contributed by atoms with Gasteiger partial charge in [0.1, 0.15) is 0 Å². The topological polar surface area (TPSA) is 58.4 Å². The van der Waals surface area contributed by atoms with E-state index in [2.05, 4.69) is 24.1 Å². The molecule has 2 rings (SSSR count). The zero-order chi connectivity index (χ0) is 15.4. The maximum Gasteiger partial charge on any atom is 0.237 e. The summed E-state index contributed by atoms with van der Waals surface area (Å²) in [6, 6.07) is 8.39. The van der Waals surface area contributed by atoms with Gasteiger partial charge in [0.15, 0.2) is 0 Å². The SMILES string of the molecule is CC(C)CNC(=O)C(C)N(Cc1ccc(N)cc1)C1CC1. The highest BCUT2D eigenvalue weighted by atomic mass is 16.2. The number of anilines is 1. The highest BCUT2D eigenvalue weighted by Gasteiger charge is 2.34. The molecule has 21 heavy (non-hydrogen) atoms. The summed E-state index contributed by atoms with van der Waals surface area (Å²) >= 11 is 0. The van der Waals surface area contributed by atoms with E-state index in [1.54, 1.807) is 0 Å². The first kappa shape index (κ1) is 15.8. The summed E-state index contributed by atoms with van der Waals surface area (Å²) < 4.78 is 0. The standard InChI is InChI=1S/C17H27N3O/c1-12(2)10-19-17(21)13(3)20(16-8-9-16)11-14-4-6-15(18)7-5-14/h4-7,12-13,16H,8-11,18H2,1-3H3,(H,19,21). The Morgan fingerprint density at radius 3 is 2.43 bits per heavy atom. The van der Waals surface area contributed by atoms with E-state index >= 15 is 0 Å². The summed E-state index contributed by atoms with van der Waals surface area (Å²) in [6.07, 6.45) is 2.38. The third kappa shape index (κ3) is 4.74. The first-order valence-electron chi connectivity index (χ1n) is 7.85. The number of hydrogen-bond acceptors (Lipinski definition) is 3. The van der Waals surface area contributed by atoms with Crippen LogP contribution in [0, 0.1) is 5.92 Å². The van der Waals surface area contributed by atoms with Crippen molar-refractivity contribution in [3.63, 3.8) is 0 Å². The van der Waals surface area contributed by atoms with Gasteiger partial charge in [-0.1, -0.05) is 26.0 Å². The van der Waals surface area contributed by atoms with E-state index in [1.165, 1.54) is 18.4 Å². The highest BCUT2D eigenvalue weighted by Crippen LogP contribution is 2.30. The Labute approximate surface area is 127 Å². The molecule has 4 nitrogen and oxygen atoms in total. The second-order valence-electron chi connectivity index (χ2n) is 6.46. The Kier molecular flexibility index (Phi) is 5.23. The number of nitrogens with two attached hydrogens (primary N) is 1. The molecule has 0 aromatic heterocycles. The van der Waals surface area contributed by atoms with E-state index in [4.69, 9.17) is 5.73 Å². The van der Waals surface area contributed by atoms with Crippen molar-refractivity contribution < 1.29 is 4.79 Å². The lowest BCUT2D eigenvalue weighted by molar-refractivity contribution is -0.126. The van der Waals surface area contributed by atoms with Crippen LogP contribution in [0.5, 0.6) is 0 Å². The minimum Gasteiger partial charge on any atom is -0.399 e.